The summed E-state index contributed by atoms with van der Waals surface area (Å²) in [5.74, 6) is 0. The molecule has 0 amide bonds. The average molecular weight is 427 g/mol. The zero-order valence-electron chi connectivity index (χ0n) is 21.4. The van der Waals surface area contributed by atoms with E-state index in [4.69, 9.17) is 0 Å². The zero-order chi connectivity index (χ0) is 22.4. The Kier molecular flexibility index (Phi) is 7.02. The van der Waals surface area contributed by atoms with Crippen LogP contribution in [-0.4, -0.2) is 16.1 Å². The molecule has 0 radical (unpaired) electrons. The van der Waals surface area contributed by atoms with Crippen molar-refractivity contribution in [1.29, 1.82) is 0 Å². The van der Waals surface area contributed by atoms with Crippen LogP contribution in [0.4, 0.5) is 0 Å². The van der Waals surface area contributed by atoms with Gasteiger partial charge in [0.15, 0.2) is 0 Å². The molecule has 1 aliphatic rings. The molecule has 3 atom stereocenters. The Bertz CT molecular complexity index is 811. The van der Waals surface area contributed by atoms with Gasteiger partial charge in [-0.1, -0.05) is 118 Å². The van der Waals surface area contributed by atoms with Crippen molar-refractivity contribution < 1.29 is 0 Å². The van der Waals surface area contributed by atoms with Gasteiger partial charge in [-0.25, -0.2) is 0 Å². The van der Waals surface area contributed by atoms with Gasteiger partial charge in [0.25, 0.3) is 0 Å². The maximum absolute atomic E-state index is 2.68. The van der Waals surface area contributed by atoms with Crippen molar-refractivity contribution in [1.82, 2.24) is 0 Å². The summed E-state index contributed by atoms with van der Waals surface area (Å²) >= 11 is 0. The van der Waals surface area contributed by atoms with Gasteiger partial charge in [0.2, 0.25) is 0 Å². The topological polar surface area (TPSA) is 0 Å². The largest absolute Gasteiger partial charge is 0.106 e. The fourth-order valence-electron chi connectivity index (χ4n) is 6.24. The Morgan fingerprint density at radius 2 is 1.31 bits per heavy atom. The van der Waals surface area contributed by atoms with Crippen LogP contribution in [0.5, 0.6) is 0 Å². The first-order valence-corrected chi connectivity index (χ1v) is 17.4. The summed E-state index contributed by atoms with van der Waals surface area (Å²) in [5.41, 5.74) is 7.62. The highest BCUT2D eigenvalue weighted by molar-refractivity contribution is 6.98. The van der Waals surface area contributed by atoms with Crippen molar-refractivity contribution in [3.63, 3.8) is 0 Å². The molecule has 0 fully saturated rings. The van der Waals surface area contributed by atoms with E-state index in [2.05, 4.69) is 106 Å². The lowest BCUT2D eigenvalue weighted by Gasteiger charge is -2.54. The van der Waals surface area contributed by atoms with E-state index in [9.17, 15) is 0 Å². The Morgan fingerprint density at radius 1 is 0.828 bits per heavy atom. The van der Waals surface area contributed by atoms with Gasteiger partial charge < -0.3 is 0 Å². The minimum absolute atomic E-state index is 0.191. The molecule has 0 saturated heterocycles. The summed E-state index contributed by atoms with van der Waals surface area (Å²) in [7, 11) is -3.35. The van der Waals surface area contributed by atoms with Crippen LogP contribution in [0, 0.1) is 6.92 Å². The van der Waals surface area contributed by atoms with Gasteiger partial charge >= 0.3 is 0 Å². The fourth-order valence-corrected chi connectivity index (χ4v) is 15.8. The molecule has 0 bridgehead atoms. The third-order valence-electron chi connectivity index (χ3n) is 8.50. The van der Waals surface area contributed by atoms with E-state index in [-0.39, 0.29) is 5.04 Å². The van der Waals surface area contributed by atoms with Gasteiger partial charge in [-0.2, -0.15) is 0 Å². The van der Waals surface area contributed by atoms with Crippen LogP contribution in [0.3, 0.4) is 0 Å². The van der Waals surface area contributed by atoms with Crippen molar-refractivity contribution >= 4 is 26.5 Å². The minimum Gasteiger partial charge on any atom is -0.0737 e. The molecule has 0 aromatic heterocycles. The summed E-state index contributed by atoms with van der Waals surface area (Å²) in [6, 6.07) is 7.75. The first kappa shape index (κ1) is 24.4. The molecule has 2 rings (SSSR count). The van der Waals surface area contributed by atoms with Gasteiger partial charge in [0, 0.05) is 5.04 Å². The van der Waals surface area contributed by atoms with Crippen LogP contribution >= 0.6 is 0 Å². The van der Waals surface area contributed by atoms with Gasteiger partial charge in [-0.15, -0.1) is 0 Å². The van der Waals surface area contributed by atoms with E-state index < -0.39 is 16.1 Å². The molecular formula is C27H46Si2. The number of aryl methyl sites for hydroxylation is 1. The average Bonchev–Trinajstić information content (AvgIpc) is 2.84. The van der Waals surface area contributed by atoms with Crippen LogP contribution in [0.15, 0.2) is 41.0 Å². The minimum atomic E-state index is -1.97. The monoisotopic (exact) mass is 426 g/mol. The molecule has 1 aromatic rings. The first-order valence-electron chi connectivity index (χ1n) is 11.8. The van der Waals surface area contributed by atoms with Crippen LogP contribution in [0.25, 0.3) is 0 Å². The number of rotatable bonds is 7. The Balaban J connectivity index is 3.00. The highest BCUT2D eigenvalue weighted by Crippen LogP contribution is 2.61. The van der Waals surface area contributed by atoms with E-state index in [1.54, 1.807) is 15.9 Å². The van der Waals surface area contributed by atoms with E-state index in [1.165, 1.54) is 29.6 Å². The second kappa shape index (κ2) is 8.34. The van der Waals surface area contributed by atoms with Crippen molar-refractivity contribution in [3.8, 4) is 0 Å². The number of benzene rings is 1. The lowest BCUT2D eigenvalue weighted by atomic mass is 10.0. The van der Waals surface area contributed by atoms with Gasteiger partial charge in [0.05, 0.1) is 8.07 Å². The molecule has 2 heteroatoms. The second-order valence-corrected chi connectivity index (χ2v) is 21.5. The molecule has 162 valence electrons. The van der Waals surface area contributed by atoms with Crippen LogP contribution in [0.2, 0.25) is 35.8 Å². The Morgan fingerprint density at radius 3 is 1.69 bits per heavy atom. The predicted octanol–water partition coefficient (Wildman–Crippen LogP) is 7.85. The molecule has 0 aliphatic heterocycles. The molecule has 0 nitrogen and oxygen atoms in total. The van der Waals surface area contributed by atoms with E-state index in [1.807, 2.05) is 0 Å². The molecule has 1 aromatic carbocycles. The molecule has 3 unspecified atom stereocenters. The van der Waals surface area contributed by atoms with Gasteiger partial charge in [0.1, 0.15) is 8.07 Å². The van der Waals surface area contributed by atoms with Crippen LogP contribution in [-0.2, 0) is 0 Å². The van der Waals surface area contributed by atoms with E-state index in [0.717, 1.165) is 11.1 Å². The maximum atomic E-state index is 2.68. The van der Waals surface area contributed by atoms with Crippen molar-refractivity contribution in [2.24, 2.45) is 0 Å². The van der Waals surface area contributed by atoms with Crippen molar-refractivity contribution in [2.45, 2.75) is 111 Å². The Hall–Kier alpha value is -0.866. The summed E-state index contributed by atoms with van der Waals surface area (Å²) in [4.78, 5) is 0. The lowest BCUT2D eigenvalue weighted by Crippen LogP contribution is -2.63. The highest BCUT2D eigenvalue weighted by Gasteiger charge is 2.58. The molecule has 29 heavy (non-hydrogen) atoms. The number of hydrogen-bond acceptors (Lipinski definition) is 0. The number of allylic oxidation sites excluding steroid dienone is 4. The summed E-state index contributed by atoms with van der Waals surface area (Å²) in [6.07, 6.45) is 5.21. The highest BCUT2D eigenvalue weighted by atomic mass is 28.3. The van der Waals surface area contributed by atoms with E-state index >= 15 is 0 Å². The van der Waals surface area contributed by atoms with Crippen molar-refractivity contribution in [2.75, 3.05) is 0 Å². The molecule has 1 aliphatic carbocycles. The predicted molar refractivity (Wildman–Crippen MR) is 139 cm³/mol. The zero-order valence-corrected chi connectivity index (χ0v) is 23.4. The normalized spacial score (nSPS) is 24.3. The third-order valence-corrected chi connectivity index (χ3v) is 17.9. The molecular weight excluding hydrogens is 380 g/mol. The summed E-state index contributed by atoms with van der Waals surface area (Å²) < 4.78 is 0. The quantitative estimate of drug-likeness (QED) is 0.389. The standard InChI is InChI=1S/C27H46Si2/c1-13-21(5)29(22(6)14-2,27(9)18-20(4)23(7)24(27)8)26-16-19(3)15-25(17-26)28(10,11)12/h15-18,21-22H,13-14H2,1-12H3. The lowest BCUT2D eigenvalue weighted by molar-refractivity contribution is 0.692. The van der Waals surface area contributed by atoms with Crippen molar-refractivity contribution in [3.05, 3.63) is 46.6 Å². The Labute approximate surface area is 183 Å². The first-order chi connectivity index (χ1) is 13.3. The molecule has 0 saturated carbocycles. The van der Waals surface area contributed by atoms with Gasteiger partial charge in [-0.05, 0) is 44.4 Å². The maximum Gasteiger partial charge on any atom is 0.106 e. The summed E-state index contributed by atoms with van der Waals surface area (Å²) in [5, 5.41) is 3.55. The SMILES string of the molecule is CCC(C)[Si](c1cc(C)cc([Si](C)(C)C)c1)(C(C)CC)C1(C)C=C(C)C(C)=C1C. The van der Waals surface area contributed by atoms with Gasteiger partial charge in [-0.3, -0.25) is 0 Å². The van der Waals surface area contributed by atoms with Crippen LogP contribution < -0.4 is 10.4 Å². The van der Waals surface area contributed by atoms with Crippen LogP contribution in [0.1, 0.15) is 73.8 Å². The third kappa shape index (κ3) is 3.80. The molecule has 0 spiro atoms. The number of hydrogen-bond donors (Lipinski definition) is 0. The molecule has 0 heterocycles. The summed E-state index contributed by atoms with van der Waals surface area (Å²) in [6.45, 7) is 29.5. The molecule has 0 N–H and O–H groups in total. The second-order valence-electron chi connectivity index (χ2n) is 11.1. The van der Waals surface area contributed by atoms with E-state index in [0.29, 0.717) is 0 Å². The fraction of sp³-hybridized carbons (Fsp3) is 0.630. The smallest absolute Gasteiger partial charge is 0.0737 e.